The van der Waals surface area contributed by atoms with Crippen LogP contribution in [0.3, 0.4) is 0 Å². The van der Waals surface area contributed by atoms with Gasteiger partial charge in [0, 0.05) is 34.9 Å². The largest absolute Gasteiger partial charge is 0.445 e. The van der Waals surface area contributed by atoms with E-state index in [-0.39, 0.29) is 12.5 Å². The number of amides is 2. The number of alkyl carbamates (subject to hydrolysis) is 1. The number of aromatic nitrogens is 1. The molecule has 1 atom stereocenters. The lowest BCUT2D eigenvalue weighted by Gasteiger charge is -2.18. The van der Waals surface area contributed by atoms with Gasteiger partial charge in [-0.3, -0.25) is 4.79 Å². The van der Waals surface area contributed by atoms with E-state index in [4.69, 9.17) is 4.74 Å². The van der Waals surface area contributed by atoms with Gasteiger partial charge in [0.2, 0.25) is 5.91 Å². The summed E-state index contributed by atoms with van der Waals surface area (Å²) in [7, 11) is 0. The molecule has 0 spiro atoms. The summed E-state index contributed by atoms with van der Waals surface area (Å²) < 4.78 is 5.34. The van der Waals surface area contributed by atoms with E-state index in [1.807, 2.05) is 78.3 Å². The molecule has 0 aliphatic heterocycles. The van der Waals surface area contributed by atoms with E-state index in [0.29, 0.717) is 13.0 Å². The maximum Gasteiger partial charge on any atom is 0.408 e. The Bertz CT molecular complexity index is 1160. The van der Waals surface area contributed by atoms with Gasteiger partial charge in [0.15, 0.2) is 0 Å². The van der Waals surface area contributed by atoms with E-state index in [9.17, 15) is 9.59 Å². The minimum absolute atomic E-state index is 0.145. The van der Waals surface area contributed by atoms with Crippen LogP contribution in [0.1, 0.15) is 16.0 Å². The topological polar surface area (TPSA) is 83.2 Å². The zero-order valence-electron chi connectivity index (χ0n) is 17.5. The van der Waals surface area contributed by atoms with Gasteiger partial charge in [0.05, 0.1) is 0 Å². The van der Waals surface area contributed by atoms with E-state index in [2.05, 4.69) is 15.6 Å². The van der Waals surface area contributed by atoms with E-state index in [1.54, 1.807) is 11.3 Å². The van der Waals surface area contributed by atoms with Crippen LogP contribution in [0.2, 0.25) is 0 Å². The molecule has 2 aromatic heterocycles. The first-order valence-corrected chi connectivity index (χ1v) is 11.4. The van der Waals surface area contributed by atoms with Crippen LogP contribution in [0.25, 0.3) is 10.9 Å². The van der Waals surface area contributed by atoms with Gasteiger partial charge in [-0.2, -0.15) is 0 Å². The number of rotatable bonds is 9. The predicted octanol–water partition coefficient (Wildman–Crippen LogP) is 4.43. The van der Waals surface area contributed by atoms with Crippen molar-refractivity contribution in [1.29, 1.82) is 0 Å². The number of carbonyl (C=O) groups is 2. The van der Waals surface area contributed by atoms with Crippen molar-refractivity contribution in [2.24, 2.45) is 0 Å². The number of fused-ring (bicyclic) bond motifs is 1. The van der Waals surface area contributed by atoms with Crippen molar-refractivity contribution >= 4 is 34.2 Å². The fraction of sp³-hybridized carbons (Fsp3) is 0.200. The first kappa shape index (κ1) is 21.6. The lowest BCUT2D eigenvalue weighted by atomic mass is 10.0. The summed E-state index contributed by atoms with van der Waals surface area (Å²) >= 11 is 1.66. The molecule has 0 fully saturated rings. The van der Waals surface area contributed by atoms with Gasteiger partial charge < -0.3 is 20.4 Å². The molecule has 4 aromatic rings. The van der Waals surface area contributed by atoms with Crippen LogP contribution in [0, 0.1) is 0 Å². The third kappa shape index (κ3) is 5.76. The molecule has 2 heterocycles. The minimum Gasteiger partial charge on any atom is -0.445 e. The maximum absolute atomic E-state index is 13.0. The summed E-state index contributed by atoms with van der Waals surface area (Å²) in [5.41, 5.74) is 2.84. The van der Waals surface area contributed by atoms with Crippen LogP contribution >= 0.6 is 11.3 Å². The third-order valence-corrected chi connectivity index (χ3v) is 6.11. The molecule has 7 heteroatoms. The van der Waals surface area contributed by atoms with Gasteiger partial charge in [-0.05, 0) is 35.1 Å². The zero-order chi connectivity index (χ0) is 22.2. The second-order valence-corrected chi connectivity index (χ2v) is 8.47. The van der Waals surface area contributed by atoms with Gasteiger partial charge in [0.1, 0.15) is 12.6 Å². The summed E-state index contributed by atoms with van der Waals surface area (Å²) in [6, 6.07) is 20.6. The fourth-order valence-electron chi connectivity index (χ4n) is 3.52. The van der Waals surface area contributed by atoms with E-state index < -0.39 is 12.1 Å². The van der Waals surface area contributed by atoms with Crippen LogP contribution in [0.15, 0.2) is 78.3 Å². The molecule has 164 valence electrons. The summed E-state index contributed by atoms with van der Waals surface area (Å²) in [5.74, 6) is -0.233. The summed E-state index contributed by atoms with van der Waals surface area (Å²) in [6.45, 7) is 0.650. The Labute approximate surface area is 190 Å². The highest BCUT2D eigenvalue weighted by molar-refractivity contribution is 7.09. The minimum atomic E-state index is -0.749. The van der Waals surface area contributed by atoms with Crippen LogP contribution in [-0.2, 0) is 29.0 Å². The standard InChI is InChI=1S/C25H25N3O3S/c29-24(26-13-12-20-9-6-14-32-20)23(15-19-16-27-22-11-5-4-10-21(19)22)28-25(30)31-17-18-7-2-1-3-8-18/h1-11,14,16,23,27H,12-13,15,17H2,(H,26,29)(H,28,30)/t23-/m0/s1. The number of aromatic amines is 1. The molecule has 0 saturated carbocycles. The van der Waals surface area contributed by atoms with Gasteiger partial charge in [-0.25, -0.2) is 4.79 Å². The lowest BCUT2D eigenvalue weighted by Crippen LogP contribution is -2.48. The average Bonchev–Trinajstić information content (AvgIpc) is 3.48. The Morgan fingerprint density at radius 3 is 2.62 bits per heavy atom. The molecular formula is C25H25N3O3S. The molecule has 0 radical (unpaired) electrons. The van der Waals surface area contributed by atoms with Crippen LogP contribution < -0.4 is 10.6 Å². The maximum atomic E-state index is 13.0. The van der Waals surface area contributed by atoms with Crippen molar-refractivity contribution in [3.8, 4) is 0 Å². The van der Waals surface area contributed by atoms with Gasteiger partial charge in [-0.15, -0.1) is 11.3 Å². The monoisotopic (exact) mass is 447 g/mol. The normalized spacial score (nSPS) is 11.8. The second kappa shape index (κ2) is 10.6. The SMILES string of the molecule is O=C(N[C@@H](Cc1c[nH]c2ccccc12)C(=O)NCCc1cccs1)OCc1ccccc1. The number of hydrogen-bond donors (Lipinski definition) is 3. The summed E-state index contributed by atoms with van der Waals surface area (Å²) in [4.78, 5) is 29.8. The van der Waals surface area contributed by atoms with Crippen LogP contribution in [-0.4, -0.2) is 29.6 Å². The number of ether oxygens (including phenoxy) is 1. The fourth-order valence-corrected chi connectivity index (χ4v) is 4.23. The van der Waals surface area contributed by atoms with E-state index in [1.165, 1.54) is 4.88 Å². The van der Waals surface area contributed by atoms with Crippen LogP contribution in [0.4, 0.5) is 4.79 Å². The van der Waals surface area contributed by atoms with E-state index >= 15 is 0 Å². The van der Waals surface area contributed by atoms with Crippen molar-refractivity contribution < 1.29 is 14.3 Å². The summed E-state index contributed by atoms with van der Waals surface area (Å²) in [6.07, 6.45) is 2.37. The average molecular weight is 448 g/mol. The second-order valence-electron chi connectivity index (χ2n) is 7.44. The highest BCUT2D eigenvalue weighted by Gasteiger charge is 2.23. The van der Waals surface area contributed by atoms with Crippen LogP contribution in [0.5, 0.6) is 0 Å². The van der Waals surface area contributed by atoms with Crippen molar-refractivity contribution in [2.75, 3.05) is 6.54 Å². The Hall–Kier alpha value is -3.58. The molecule has 4 rings (SSSR count). The zero-order valence-corrected chi connectivity index (χ0v) is 18.4. The molecule has 0 aliphatic rings. The number of hydrogen-bond acceptors (Lipinski definition) is 4. The molecule has 0 bridgehead atoms. The number of nitrogens with one attached hydrogen (secondary N) is 3. The Morgan fingerprint density at radius 1 is 1.00 bits per heavy atom. The van der Waals surface area contributed by atoms with Crippen molar-refractivity contribution in [3.63, 3.8) is 0 Å². The first-order valence-electron chi connectivity index (χ1n) is 10.5. The molecular weight excluding hydrogens is 422 g/mol. The summed E-state index contributed by atoms with van der Waals surface area (Å²) in [5, 5.41) is 8.74. The Kier molecular flexibility index (Phi) is 7.19. The predicted molar refractivity (Wildman–Crippen MR) is 127 cm³/mol. The van der Waals surface area contributed by atoms with Crippen molar-refractivity contribution in [2.45, 2.75) is 25.5 Å². The molecule has 0 aliphatic carbocycles. The molecule has 2 amide bonds. The first-order chi connectivity index (χ1) is 15.7. The quantitative estimate of drug-likeness (QED) is 0.355. The third-order valence-electron chi connectivity index (χ3n) is 5.17. The molecule has 32 heavy (non-hydrogen) atoms. The van der Waals surface area contributed by atoms with Crippen molar-refractivity contribution in [1.82, 2.24) is 15.6 Å². The number of para-hydroxylation sites is 1. The number of benzene rings is 2. The highest BCUT2D eigenvalue weighted by Crippen LogP contribution is 2.19. The molecule has 6 nitrogen and oxygen atoms in total. The van der Waals surface area contributed by atoms with Crippen molar-refractivity contribution in [3.05, 3.63) is 94.3 Å². The lowest BCUT2D eigenvalue weighted by molar-refractivity contribution is -0.123. The number of carbonyl (C=O) groups excluding carboxylic acids is 2. The van der Waals surface area contributed by atoms with Gasteiger partial charge >= 0.3 is 6.09 Å². The molecule has 0 unspecified atom stereocenters. The molecule has 2 aromatic carbocycles. The number of H-pyrrole nitrogens is 1. The Morgan fingerprint density at radius 2 is 1.81 bits per heavy atom. The number of thiophene rings is 1. The highest BCUT2D eigenvalue weighted by atomic mass is 32.1. The molecule has 0 saturated heterocycles. The van der Waals surface area contributed by atoms with Gasteiger partial charge in [0.25, 0.3) is 0 Å². The molecule has 3 N–H and O–H groups in total. The van der Waals surface area contributed by atoms with Gasteiger partial charge in [-0.1, -0.05) is 54.6 Å². The Balaban J connectivity index is 1.41. The smallest absolute Gasteiger partial charge is 0.408 e. The van der Waals surface area contributed by atoms with E-state index in [0.717, 1.165) is 28.5 Å².